The summed E-state index contributed by atoms with van der Waals surface area (Å²) >= 11 is 0. The first kappa shape index (κ1) is 22.1. The van der Waals surface area contributed by atoms with Gasteiger partial charge in [-0.15, -0.1) is 0 Å². The topological polar surface area (TPSA) is 85.4 Å². The molecule has 0 bridgehead atoms. The molecule has 172 valence electrons. The highest BCUT2D eigenvalue weighted by Crippen LogP contribution is 2.43. The minimum Gasteiger partial charge on any atom is -0.496 e. The molecule has 1 N–H and O–H groups in total. The van der Waals surface area contributed by atoms with Crippen LogP contribution >= 0.6 is 0 Å². The van der Waals surface area contributed by atoms with Crippen LogP contribution < -0.4 is 9.46 Å². The molecule has 1 amide bonds. The molecule has 0 fully saturated rings. The number of hydrogen-bond acceptors (Lipinski definition) is 5. The minimum atomic E-state index is -4.07. The number of hydrogen-bond donors (Lipinski definition) is 1. The predicted molar refractivity (Wildman–Crippen MR) is 131 cm³/mol. The van der Waals surface area contributed by atoms with Gasteiger partial charge in [0.25, 0.3) is 10.0 Å². The zero-order valence-corrected chi connectivity index (χ0v) is 19.5. The van der Waals surface area contributed by atoms with Crippen LogP contribution in [0.3, 0.4) is 0 Å². The second-order valence-electron chi connectivity index (χ2n) is 8.34. The van der Waals surface area contributed by atoms with Crippen molar-refractivity contribution in [3.63, 3.8) is 0 Å². The summed E-state index contributed by atoms with van der Waals surface area (Å²) < 4.78 is 34.5. The van der Waals surface area contributed by atoms with E-state index in [4.69, 9.17) is 4.74 Å². The van der Waals surface area contributed by atoms with Gasteiger partial charge in [-0.1, -0.05) is 42.5 Å². The van der Waals surface area contributed by atoms with E-state index in [2.05, 4.69) is 9.71 Å². The smallest absolute Gasteiger partial charge is 0.264 e. The molecular formula is C27H24N2O4S. The van der Waals surface area contributed by atoms with E-state index in [1.54, 1.807) is 37.7 Å². The van der Waals surface area contributed by atoms with Crippen LogP contribution in [0, 0.1) is 0 Å². The lowest BCUT2D eigenvalue weighted by Gasteiger charge is -2.28. The van der Waals surface area contributed by atoms with Crippen molar-refractivity contribution in [1.82, 2.24) is 9.71 Å². The van der Waals surface area contributed by atoms with Crippen LogP contribution in [-0.2, 0) is 21.2 Å². The van der Waals surface area contributed by atoms with E-state index >= 15 is 0 Å². The van der Waals surface area contributed by atoms with Crippen LogP contribution in [0.25, 0.3) is 21.9 Å². The number of amides is 1. The van der Waals surface area contributed by atoms with Gasteiger partial charge in [0.2, 0.25) is 5.91 Å². The molecule has 1 aromatic heterocycles. The van der Waals surface area contributed by atoms with Crippen LogP contribution in [0.5, 0.6) is 5.75 Å². The Balaban J connectivity index is 1.54. The summed E-state index contributed by atoms with van der Waals surface area (Å²) in [5.74, 6) is -0.584. The van der Waals surface area contributed by atoms with Crippen LogP contribution in [0.4, 0.5) is 0 Å². The Hall–Kier alpha value is -3.71. The van der Waals surface area contributed by atoms with Crippen molar-refractivity contribution in [1.29, 1.82) is 0 Å². The molecule has 1 aliphatic rings. The van der Waals surface area contributed by atoms with Crippen molar-refractivity contribution in [3.05, 3.63) is 90.3 Å². The Morgan fingerprint density at radius 2 is 1.76 bits per heavy atom. The number of aromatic nitrogens is 1. The average Bonchev–Trinajstić information content (AvgIpc) is 2.87. The zero-order chi connectivity index (χ0) is 23.7. The highest BCUT2D eigenvalue weighted by molar-refractivity contribution is 7.90. The zero-order valence-electron chi connectivity index (χ0n) is 18.7. The predicted octanol–water partition coefficient (Wildman–Crippen LogP) is 4.84. The molecule has 0 saturated heterocycles. The Morgan fingerprint density at radius 1 is 1.00 bits per heavy atom. The number of sulfonamides is 1. The van der Waals surface area contributed by atoms with Crippen molar-refractivity contribution in [2.24, 2.45) is 0 Å². The first-order valence-corrected chi connectivity index (χ1v) is 12.6. The number of ether oxygens (including phenoxy) is 1. The quantitative estimate of drug-likeness (QED) is 0.449. The standard InChI is InChI=1S/C27H24N2O4S/c1-33-24-13-12-20(19-14-16-28-17-15-19)22-9-5-10-23(26(22)24)27(30)29-34(31,32)25-11-4-7-18-6-2-3-8-21(18)25/h2-4,6-8,11-17,23H,5,9-10H2,1H3,(H,29,30). The maximum atomic E-state index is 13.4. The van der Waals surface area contributed by atoms with Gasteiger partial charge in [0.15, 0.2) is 0 Å². The molecule has 1 atom stereocenters. The highest BCUT2D eigenvalue weighted by Gasteiger charge is 2.34. The second-order valence-corrected chi connectivity index (χ2v) is 9.99. The third-order valence-electron chi connectivity index (χ3n) is 6.39. The van der Waals surface area contributed by atoms with E-state index in [0.717, 1.165) is 40.5 Å². The van der Waals surface area contributed by atoms with Crippen molar-refractivity contribution in [2.75, 3.05) is 7.11 Å². The number of carbonyl (C=O) groups excluding carboxylic acids is 1. The fourth-order valence-electron chi connectivity index (χ4n) is 4.85. The second kappa shape index (κ2) is 8.91. The molecule has 5 rings (SSSR count). The first-order valence-electron chi connectivity index (χ1n) is 11.1. The van der Waals surface area contributed by atoms with Crippen LogP contribution in [-0.4, -0.2) is 26.4 Å². The van der Waals surface area contributed by atoms with Gasteiger partial charge >= 0.3 is 0 Å². The van der Waals surface area contributed by atoms with Gasteiger partial charge in [0.05, 0.1) is 17.9 Å². The summed E-state index contributed by atoms with van der Waals surface area (Å²) in [6, 6.07) is 20.0. The molecule has 0 aliphatic heterocycles. The summed E-state index contributed by atoms with van der Waals surface area (Å²) in [5.41, 5.74) is 3.78. The van der Waals surface area contributed by atoms with Gasteiger partial charge < -0.3 is 4.74 Å². The number of methoxy groups -OCH3 is 1. The van der Waals surface area contributed by atoms with Gasteiger partial charge in [-0.3, -0.25) is 9.78 Å². The number of carbonyl (C=O) groups is 1. The Morgan fingerprint density at radius 3 is 2.56 bits per heavy atom. The van der Waals surface area contributed by atoms with Crippen molar-refractivity contribution in [2.45, 2.75) is 30.1 Å². The molecule has 3 aromatic carbocycles. The Bertz CT molecular complexity index is 1480. The molecule has 4 aromatic rings. The Kier molecular flexibility index (Phi) is 5.79. The van der Waals surface area contributed by atoms with Gasteiger partial charge in [-0.2, -0.15) is 0 Å². The van der Waals surface area contributed by atoms with E-state index in [0.29, 0.717) is 17.6 Å². The SMILES string of the molecule is COc1ccc(-c2ccncc2)c2c1C(C(=O)NS(=O)(=O)c1cccc3ccccc13)CCC2. The molecule has 6 nitrogen and oxygen atoms in total. The number of nitrogens with zero attached hydrogens (tertiary/aromatic N) is 1. The monoisotopic (exact) mass is 472 g/mol. The third kappa shape index (κ3) is 3.92. The van der Waals surface area contributed by atoms with E-state index in [1.165, 1.54) is 6.07 Å². The maximum absolute atomic E-state index is 13.4. The van der Waals surface area contributed by atoms with Crippen molar-refractivity contribution < 1.29 is 17.9 Å². The third-order valence-corrected chi connectivity index (χ3v) is 7.79. The molecule has 0 saturated carbocycles. The first-order chi connectivity index (χ1) is 16.5. The maximum Gasteiger partial charge on any atom is 0.264 e. The molecule has 1 unspecified atom stereocenters. The molecular weight excluding hydrogens is 448 g/mol. The Labute approximate surface area is 198 Å². The number of nitrogens with one attached hydrogen (secondary N) is 1. The molecule has 1 heterocycles. The number of fused-ring (bicyclic) bond motifs is 2. The minimum absolute atomic E-state index is 0.0903. The van der Waals surface area contributed by atoms with Gasteiger partial charge in [-0.05, 0) is 65.6 Å². The van der Waals surface area contributed by atoms with E-state index in [-0.39, 0.29) is 4.90 Å². The molecule has 34 heavy (non-hydrogen) atoms. The lowest BCUT2D eigenvalue weighted by molar-refractivity contribution is -0.121. The molecule has 7 heteroatoms. The van der Waals surface area contributed by atoms with Crippen LogP contribution in [0.1, 0.15) is 29.9 Å². The van der Waals surface area contributed by atoms with Crippen LogP contribution in [0.2, 0.25) is 0 Å². The fraction of sp³-hybridized carbons (Fsp3) is 0.185. The summed E-state index contributed by atoms with van der Waals surface area (Å²) in [7, 11) is -2.50. The summed E-state index contributed by atoms with van der Waals surface area (Å²) in [6.45, 7) is 0. The summed E-state index contributed by atoms with van der Waals surface area (Å²) in [5, 5.41) is 1.37. The van der Waals surface area contributed by atoms with E-state index in [1.807, 2.05) is 42.5 Å². The molecule has 0 spiro atoms. The lowest BCUT2D eigenvalue weighted by atomic mass is 9.78. The van der Waals surface area contributed by atoms with E-state index < -0.39 is 21.8 Å². The lowest BCUT2D eigenvalue weighted by Crippen LogP contribution is -2.36. The normalized spacial score (nSPS) is 15.5. The number of benzene rings is 3. The van der Waals surface area contributed by atoms with Gasteiger partial charge in [0.1, 0.15) is 5.75 Å². The fourth-order valence-corrected chi connectivity index (χ4v) is 6.10. The summed E-state index contributed by atoms with van der Waals surface area (Å²) in [4.78, 5) is 17.6. The van der Waals surface area contributed by atoms with Crippen molar-refractivity contribution >= 4 is 26.7 Å². The number of rotatable bonds is 5. The molecule has 0 radical (unpaired) electrons. The number of pyridine rings is 1. The average molecular weight is 473 g/mol. The van der Waals surface area contributed by atoms with Crippen LogP contribution in [0.15, 0.2) is 84.0 Å². The summed E-state index contributed by atoms with van der Waals surface area (Å²) in [6.07, 6.45) is 5.56. The highest BCUT2D eigenvalue weighted by atomic mass is 32.2. The van der Waals surface area contributed by atoms with E-state index in [9.17, 15) is 13.2 Å². The van der Waals surface area contributed by atoms with Gasteiger partial charge in [0, 0.05) is 23.3 Å². The van der Waals surface area contributed by atoms with Gasteiger partial charge in [-0.25, -0.2) is 13.1 Å². The van der Waals surface area contributed by atoms with Crippen molar-refractivity contribution in [3.8, 4) is 16.9 Å². The largest absolute Gasteiger partial charge is 0.496 e. The molecule has 1 aliphatic carbocycles.